The van der Waals surface area contributed by atoms with Gasteiger partial charge >= 0.3 is 5.97 Å². The Bertz CT molecular complexity index is 682. The van der Waals surface area contributed by atoms with Crippen molar-refractivity contribution >= 4 is 17.3 Å². The first kappa shape index (κ1) is 13.5. The van der Waals surface area contributed by atoms with Gasteiger partial charge in [-0.3, -0.25) is 0 Å². The number of benzene rings is 2. The van der Waals surface area contributed by atoms with Crippen LogP contribution in [0, 0.1) is 0 Å². The quantitative estimate of drug-likeness (QED) is 0.757. The molecule has 4 N–H and O–H groups in total. The van der Waals surface area contributed by atoms with E-state index >= 15 is 0 Å². The molecule has 0 saturated carbocycles. The second-order valence-electron chi connectivity index (χ2n) is 5.46. The van der Waals surface area contributed by atoms with Gasteiger partial charge in [0.15, 0.2) is 0 Å². The molecule has 3 rings (SSSR count). The summed E-state index contributed by atoms with van der Waals surface area (Å²) >= 11 is 0. The number of carboxylic acids is 1. The van der Waals surface area contributed by atoms with E-state index in [0.29, 0.717) is 11.4 Å². The number of nitrogens with one attached hydrogen (secondary N) is 1. The van der Waals surface area contributed by atoms with E-state index in [2.05, 4.69) is 23.5 Å². The number of nitrogens with two attached hydrogens (primary N) is 1. The number of anilines is 2. The van der Waals surface area contributed by atoms with Crippen molar-refractivity contribution in [2.24, 2.45) is 0 Å². The Balaban J connectivity index is 1.81. The Hall–Kier alpha value is -2.49. The number of carbonyl (C=O) groups is 1. The zero-order valence-corrected chi connectivity index (χ0v) is 11.7. The molecule has 21 heavy (non-hydrogen) atoms. The molecule has 0 radical (unpaired) electrons. The van der Waals surface area contributed by atoms with Gasteiger partial charge in [-0.05, 0) is 48.6 Å². The largest absolute Gasteiger partial charge is 0.478 e. The van der Waals surface area contributed by atoms with Crippen LogP contribution in [-0.4, -0.2) is 17.1 Å². The highest BCUT2D eigenvalue weighted by Crippen LogP contribution is 2.26. The Morgan fingerprint density at radius 1 is 1.19 bits per heavy atom. The predicted octanol–water partition coefficient (Wildman–Crippen LogP) is 2.94. The van der Waals surface area contributed by atoms with Crippen LogP contribution in [0.25, 0.3) is 0 Å². The van der Waals surface area contributed by atoms with Crippen LogP contribution in [0.4, 0.5) is 11.4 Å². The average molecular weight is 282 g/mol. The van der Waals surface area contributed by atoms with Crippen molar-refractivity contribution in [1.82, 2.24) is 0 Å². The Kier molecular flexibility index (Phi) is 3.52. The van der Waals surface area contributed by atoms with E-state index in [1.165, 1.54) is 17.2 Å². The summed E-state index contributed by atoms with van der Waals surface area (Å²) in [6.07, 6.45) is 2.94. The Morgan fingerprint density at radius 2 is 1.95 bits per heavy atom. The standard InChI is InChI=1S/C17H18N2O2/c18-13-6-8-16(15(10-13)17(20)21)19-14-7-5-11-3-1-2-4-12(11)9-14/h1-4,6,8,10,14,19H,5,7,9,18H2,(H,20,21). The Morgan fingerprint density at radius 3 is 2.71 bits per heavy atom. The van der Waals surface area contributed by atoms with Gasteiger partial charge in [0.1, 0.15) is 0 Å². The van der Waals surface area contributed by atoms with Crippen molar-refractivity contribution in [3.8, 4) is 0 Å². The fourth-order valence-electron chi connectivity index (χ4n) is 2.91. The van der Waals surface area contributed by atoms with E-state index in [1.807, 2.05) is 6.07 Å². The van der Waals surface area contributed by atoms with E-state index in [9.17, 15) is 9.90 Å². The smallest absolute Gasteiger partial charge is 0.337 e. The third-order valence-electron chi connectivity index (χ3n) is 3.98. The highest BCUT2D eigenvalue weighted by molar-refractivity contribution is 5.95. The number of aryl methyl sites for hydroxylation is 1. The lowest BCUT2D eigenvalue weighted by Gasteiger charge is -2.27. The summed E-state index contributed by atoms with van der Waals surface area (Å²) in [6, 6.07) is 13.7. The molecule has 2 aromatic carbocycles. The van der Waals surface area contributed by atoms with Crippen LogP contribution < -0.4 is 11.1 Å². The molecular weight excluding hydrogens is 264 g/mol. The summed E-state index contributed by atoms with van der Waals surface area (Å²) in [5, 5.41) is 12.6. The lowest BCUT2D eigenvalue weighted by atomic mass is 9.88. The van der Waals surface area contributed by atoms with E-state index in [1.54, 1.807) is 12.1 Å². The molecule has 1 atom stereocenters. The van der Waals surface area contributed by atoms with Gasteiger partial charge in [-0.1, -0.05) is 24.3 Å². The molecule has 0 aromatic heterocycles. The van der Waals surface area contributed by atoms with Crippen LogP contribution in [-0.2, 0) is 12.8 Å². The van der Waals surface area contributed by atoms with Gasteiger partial charge in [0, 0.05) is 17.4 Å². The number of hydrogen-bond donors (Lipinski definition) is 3. The zero-order valence-electron chi connectivity index (χ0n) is 11.7. The van der Waals surface area contributed by atoms with Crippen LogP contribution >= 0.6 is 0 Å². The van der Waals surface area contributed by atoms with E-state index in [-0.39, 0.29) is 11.6 Å². The summed E-state index contributed by atoms with van der Waals surface area (Å²) in [6.45, 7) is 0. The molecule has 1 aliphatic rings. The highest BCUT2D eigenvalue weighted by atomic mass is 16.4. The van der Waals surface area contributed by atoms with Gasteiger partial charge in [-0.25, -0.2) is 4.79 Å². The number of fused-ring (bicyclic) bond motifs is 1. The zero-order chi connectivity index (χ0) is 14.8. The van der Waals surface area contributed by atoms with Gasteiger partial charge in [0.25, 0.3) is 0 Å². The lowest BCUT2D eigenvalue weighted by Crippen LogP contribution is -2.28. The fraction of sp³-hybridized carbons (Fsp3) is 0.235. The third-order valence-corrected chi connectivity index (χ3v) is 3.98. The maximum atomic E-state index is 11.3. The number of nitrogen functional groups attached to an aromatic ring is 1. The van der Waals surface area contributed by atoms with Gasteiger partial charge in [-0.15, -0.1) is 0 Å². The highest BCUT2D eigenvalue weighted by Gasteiger charge is 2.20. The first-order valence-electron chi connectivity index (χ1n) is 7.09. The topological polar surface area (TPSA) is 75.3 Å². The molecular formula is C17H18N2O2. The van der Waals surface area contributed by atoms with Crippen LogP contribution in [0.1, 0.15) is 27.9 Å². The fourth-order valence-corrected chi connectivity index (χ4v) is 2.91. The minimum atomic E-state index is -0.957. The Labute approximate surface area is 123 Å². The summed E-state index contributed by atoms with van der Waals surface area (Å²) in [7, 11) is 0. The molecule has 0 saturated heterocycles. The van der Waals surface area contributed by atoms with Crippen molar-refractivity contribution in [2.75, 3.05) is 11.1 Å². The molecule has 4 nitrogen and oxygen atoms in total. The van der Waals surface area contributed by atoms with E-state index in [0.717, 1.165) is 19.3 Å². The maximum absolute atomic E-state index is 11.3. The molecule has 0 amide bonds. The minimum absolute atomic E-state index is 0.230. The van der Waals surface area contributed by atoms with Gasteiger partial charge < -0.3 is 16.2 Å². The number of aromatic carboxylic acids is 1. The number of hydrogen-bond acceptors (Lipinski definition) is 3. The van der Waals surface area contributed by atoms with Crippen molar-refractivity contribution in [3.05, 3.63) is 59.2 Å². The number of carboxylic acid groups (broad SMARTS) is 1. The molecule has 0 aliphatic heterocycles. The minimum Gasteiger partial charge on any atom is -0.478 e. The number of rotatable bonds is 3. The summed E-state index contributed by atoms with van der Waals surface area (Å²) in [5.41, 5.74) is 9.74. The molecule has 0 bridgehead atoms. The molecule has 4 heteroatoms. The van der Waals surface area contributed by atoms with Gasteiger partial charge in [0.05, 0.1) is 5.56 Å². The monoisotopic (exact) mass is 282 g/mol. The molecule has 0 heterocycles. The SMILES string of the molecule is Nc1ccc(NC2CCc3ccccc3C2)c(C(=O)O)c1. The molecule has 0 spiro atoms. The first-order valence-corrected chi connectivity index (χ1v) is 7.09. The summed E-state index contributed by atoms with van der Waals surface area (Å²) in [4.78, 5) is 11.3. The van der Waals surface area contributed by atoms with E-state index in [4.69, 9.17) is 5.73 Å². The van der Waals surface area contributed by atoms with Crippen LogP contribution in [0.3, 0.4) is 0 Å². The summed E-state index contributed by atoms with van der Waals surface area (Å²) in [5.74, 6) is -0.957. The average Bonchev–Trinajstić information content (AvgIpc) is 2.49. The maximum Gasteiger partial charge on any atom is 0.337 e. The van der Waals surface area contributed by atoms with Gasteiger partial charge in [0.2, 0.25) is 0 Å². The van der Waals surface area contributed by atoms with Crippen molar-refractivity contribution in [3.63, 3.8) is 0 Å². The van der Waals surface area contributed by atoms with Crippen molar-refractivity contribution < 1.29 is 9.90 Å². The normalized spacial score (nSPS) is 17.0. The molecule has 2 aromatic rings. The second-order valence-corrected chi connectivity index (χ2v) is 5.46. The molecule has 1 unspecified atom stereocenters. The van der Waals surface area contributed by atoms with Crippen molar-refractivity contribution in [2.45, 2.75) is 25.3 Å². The predicted molar refractivity (Wildman–Crippen MR) is 83.7 cm³/mol. The second kappa shape index (κ2) is 5.48. The summed E-state index contributed by atoms with van der Waals surface area (Å²) < 4.78 is 0. The third kappa shape index (κ3) is 2.84. The first-order chi connectivity index (χ1) is 10.1. The van der Waals surface area contributed by atoms with Gasteiger partial charge in [-0.2, -0.15) is 0 Å². The van der Waals surface area contributed by atoms with Crippen LogP contribution in [0.15, 0.2) is 42.5 Å². The van der Waals surface area contributed by atoms with Crippen molar-refractivity contribution in [1.29, 1.82) is 0 Å². The molecule has 1 aliphatic carbocycles. The van der Waals surface area contributed by atoms with Crippen LogP contribution in [0.2, 0.25) is 0 Å². The van der Waals surface area contributed by atoms with E-state index < -0.39 is 5.97 Å². The van der Waals surface area contributed by atoms with Crippen LogP contribution in [0.5, 0.6) is 0 Å². The molecule has 108 valence electrons. The molecule has 0 fully saturated rings. The lowest BCUT2D eigenvalue weighted by molar-refractivity contribution is 0.0698.